The van der Waals surface area contributed by atoms with Gasteiger partial charge in [0.15, 0.2) is 0 Å². The van der Waals surface area contributed by atoms with Crippen LogP contribution in [0.5, 0.6) is 0 Å². The second-order valence-electron chi connectivity index (χ2n) is 5.12. The molecule has 0 aromatic heterocycles. The molecular weight excluding hydrogens is 278 g/mol. The average molecular weight is 293 g/mol. The van der Waals surface area contributed by atoms with E-state index in [1.807, 2.05) is 30.3 Å². The lowest BCUT2D eigenvalue weighted by molar-refractivity contribution is 0.0575. The number of rotatable bonds is 5. The van der Waals surface area contributed by atoms with Crippen LogP contribution in [0.1, 0.15) is 38.7 Å². The lowest BCUT2D eigenvalue weighted by Gasteiger charge is -2.26. The lowest BCUT2D eigenvalue weighted by atomic mass is 10.0. The Morgan fingerprint density at radius 3 is 2.00 bits per heavy atom. The van der Waals surface area contributed by atoms with Crippen molar-refractivity contribution in [3.05, 3.63) is 71.3 Å². The van der Waals surface area contributed by atoms with Crippen LogP contribution in [-0.2, 0) is 0 Å². The Morgan fingerprint density at radius 1 is 0.909 bits per heavy atom. The molecule has 1 aliphatic heterocycles. The van der Waals surface area contributed by atoms with Gasteiger partial charge in [-0.15, -0.1) is 0 Å². The standard InChI is InChI=1S/C17H15N3O2/c18-19-11-10-15(12-6-2-1-3-7-12)20-16(21)13-8-4-5-9-14(13)17(20)22/h1-9,15,18H,10-11H2/t15-/m1/s1. The van der Waals surface area contributed by atoms with Gasteiger partial charge in [0.1, 0.15) is 0 Å². The number of imide groups is 1. The Balaban J connectivity index is 2.01. The second kappa shape index (κ2) is 5.89. The molecule has 0 saturated carbocycles. The highest BCUT2D eigenvalue weighted by molar-refractivity contribution is 6.21. The number of benzene rings is 2. The van der Waals surface area contributed by atoms with E-state index in [0.29, 0.717) is 17.5 Å². The SMILES string of the molecule is N=NCC[C@H](c1ccccc1)N1C(=O)c2ccccc2C1=O. The molecular formula is C17H15N3O2. The van der Waals surface area contributed by atoms with Crippen LogP contribution in [0.2, 0.25) is 0 Å². The largest absolute Gasteiger partial charge is 0.269 e. The van der Waals surface area contributed by atoms with Crippen LogP contribution >= 0.6 is 0 Å². The summed E-state index contributed by atoms with van der Waals surface area (Å²) >= 11 is 0. The fourth-order valence-corrected chi connectivity index (χ4v) is 2.80. The summed E-state index contributed by atoms with van der Waals surface area (Å²) in [5, 5.41) is 3.37. The number of nitrogens with one attached hydrogen (secondary N) is 1. The second-order valence-corrected chi connectivity index (χ2v) is 5.12. The zero-order valence-electron chi connectivity index (χ0n) is 11.9. The van der Waals surface area contributed by atoms with Gasteiger partial charge < -0.3 is 0 Å². The van der Waals surface area contributed by atoms with E-state index in [1.165, 1.54) is 4.90 Å². The Labute approximate surface area is 128 Å². The quantitative estimate of drug-likeness (QED) is 0.677. The summed E-state index contributed by atoms with van der Waals surface area (Å²) in [6, 6.07) is 15.9. The first-order valence-corrected chi connectivity index (χ1v) is 7.09. The first-order valence-electron chi connectivity index (χ1n) is 7.09. The van der Waals surface area contributed by atoms with Gasteiger partial charge in [-0.3, -0.25) is 14.5 Å². The number of carbonyl (C=O) groups is 2. The molecule has 0 spiro atoms. The van der Waals surface area contributed by atoms with Gasteiger partial charge in [-0.05, 0) is 24.1 Å². The molecule has 1 N–H and O–H groups in total. The van der Waals surface area contributed by atoms with Crippen molar-refractivity contribution < 1.29 is 9.59 Å². The van der Waals surface area contributed by atoms with Gasteiger partial charge in [0.05, 0.1) is 23.7 Å². The van der Waals surface area contributed by atoms with Crippen molar-refractivity contribution in [2.75, 3.05) is 6.54 Å². The smallest absolute Gasteiger partial charge is 0.262 e. The molecule has 0 saturated heterocycles. The van der Waals surface area contributed by atoms with Gasteiger partial charge in [0.25, 0.3) is 11.8 Å². The number of hydrogen-bond acceptors (Lipinski definition) is 4. The molecule has 0 aliphatic carbocycles. The summed E-state index contributed by atoms with van der Waals surface area (Å²) in [6.45, 7) is 0.271. The molecule has 2 amide bonds. The molecule has 5 nitrogen and oxygen atoms in total. The van der Waals surface area contributed by atoms with Crippen LogP contribution in [0.15, 0.2) is 59.7 Å². The van der Waals surface area contributed by atoms with Gasteiger partial charge in [-0.25, -0.2) is 5.53 Å². The predicted molar refractivity (Wildman–Crippen MR) is 80.8 cm³/mol. The lowest BCUT2D eigenvalue weighted by Crippen LogP contribution is -2.34. The minimum Gasteiger partial charge on any atom is -0.269 e. The highest BCUT2D eigenvalue weighted by atomic mass is 16.2. The van der Waals surface area contributed by atoms with Gasteiger partial charge in [-0.1, -0.05) is 42.5 Å². The molecule has 3 rings (SSSR count). The maximum Gasteiger partial charge on any atom is 0.262 e. The summed E-state index contributed by atoms with van der Waals surface area (Å²) in [6.07, 6.45) is 0.443. The molecule has 22 heavy (non-hydrogen) atoms. The van der Waals surface area contributed by atoms with Gasteiger partial charge in [0.2, 0.25) is 0 Å². The normalized spacial score (nSPS) is 14.8. The van der Waals surface area contributed by atoms with Crippen molar-refractivity contribution in [2.24, 2.45) is 5.11 Å². The Hall–Kier alpha value is -2.82. The van der Waals surface area contributed by atoms with Gasteiger partial charge >= 0.3 is 0 Å². The van der Waals surface area contributed by atoms with Crippen molar-refractivity contribution in [2.45, 2.75) is 12.5 Å². The van der Waals surface area contributed by atoms with Gasteiger partial charge in [0, 0.05) is 0 Å². The third-order valence-electron chi connectivity index (χ3n) is 3.84. The van der Waals surface area contributed by atoms with Crippen LogP contribution in [-0.4, -0.2) is 23.3 Å². The van der Waals surface area contributed by atoms with Gasteiger partial charge in [-0.2, -0.15) is 5.11 Å². The molecule has 1 aliphatic rings. The molecule has 0 fully saturated rings. The third-order valence-corrected chi connectivity index (χ3v) is 3.84. The molecule has 0 radical (unpaired) electrons. The number of carbonyl (C=O) groups excluding carboxylic acids is 2. The Morgan fingerprint density at radius 2 is 1.45 bits per heavy atom. The van der Waals surface area contributed by atoms with Crippen LogP contribution in [0.25, 0.3) is 0 Å². The van der Waals surface area contributed by atoms with E-state index in [4.69, 9.17) is 5.53 Å². The first kappa shape index (κ1) is 14.1. The van der Waals surface area contributed by atoms with Crippen molar-refractivity contribution >= 4 is 11.8 Å². The van der Waals surface area contributed by atoms with E-state index in [2.05, 4.69) is 5.11 Å². The Kier molecular flexibility index (Phi) is 3.78. The number of nitrogens with zero attached hydrogens (tertiary/aromatic N) is 2. The average Bonchev–Trinajstić information content (AvgIpc) is 2.82. The zero-order chi connectivity index (χ0) is 15.5. The number of fused-ring (bicyclic) bond motifs is 1. The van der Waals surface area contributed by atoms with Crippen molar-refractivity contribution in [3.8, 4) is 0 Å². The number of amides is 2. The topological polar surface area (TPSA) is 73.6 Å². The molecule has 1 heterocycles. The van der Waals surface area contributed by atoms with Crippen molar-refractivity contribution in [1.82, 2.24) is 4.90 Å². The monoisotopic (exact) mass is 293 g/mol. The van der Waals surface area contributed by atoms with E-state index in [1.54, 1.807) is 24.3 Å². The first-order chi connectivity index (χ1) is 10.7. The van der Waals surface area contributed by atoms with Crippen LogP contribution < -0.4 is 0 Å². The number of hydrogen-bond donors (Lipinski definition) is 1. The predicted octanol–water partition coefficient (Wildman–Crippen LogP) is 3.44. The summed E-state index contributed by atoms with van der Waals surface area (Å²) in [5.41, 5.74) is 8.75. The minimum atomic E-state index is -0.400. The van der Waals surface area contributed by atoms with E-state index in [0.717, 1.165) is 5.56 Å². The maximum atomic E-state index is 12.6. The molecule has 2 aromatic carbocycles. The van der Waals surface area contributed by atoms with Crippen LogP contribution in [0.3, 0.4) is 0 Å². The van der Waals surface area contributed by atoms with Crippen molar-refractivity contribution in [3.63, 3.8) is 0 Å². The van der Waals surface area contributed by atoms with Crippen LogP contribution in [0.4, 0.5) is 0 Å². The molecule has 2 aromatic rings. The van der Waals surface area contributed by atoms with Crippen LogP contribution in [0, 0.1) is 5.53 Å². The third kappa shape index (κ3) is 2.30. The van der Waals surface area contributed by atoms with E-state index in [-0.39, 0.29) is 18.4 Å². The molecule has 1 atom stereocenters. The molecule has 0 bridgehead atoms. The van der Waals surface area contributed by atoms with E-state index < -0.39 is 6.04 Å². The Bertz CT molecular complexity index is 693. The van der Waals surface area contributed by atoms with E-state index >= 15 is 0 Å². The highest BCUT2D eigenvalue weighted by Gasteiger charge is 2.39. The molecule has 110 valence electrons. The summed E-state index contributed by atoms with van der Waals surface area (Å²) in [7, 11) is 0. The maximum absolute atomic E-state index is 12.6. The molecule has 0 unspecified atom stereocenters. The molecule has 5 heteroatoms. The summed E-state index contributed by atoms with van der Waals surface area (Å²) < 4.78 is 0. The summed E-state index contributed by atoms with van der Waals surface area (Å²) in [4.78, 5) is 26.5. The van der Waals surface area contributed by atoms with Crippen molar-refractivity contribution in [1.29, 1.82) is 5.53 Å². The van der Waals surface area contributed by atoms with E-state index in [9.17, 15) is 9.59 Å². The summed E-state index contributed by atoms with van der Waals surface area (Å²) in [5.74, 6) is -0.557. The fraction of sp³-hybridized carbons (Fsp3) is 0.176. The minimum absolute atomic E-state index is 0.271. The highest BCUT2D eigenvalue weighted by Crippen LogP contribution is 2.33. The fourth-order valence-electron chi connectivity index (χ4n) is 2.80. The zero-order valence-corrected chi connectivity index (χ0v) is 11.9.